The van der Waals surface area contributed by atoms with Gasteiger partial charge in [-0.05, 0) is 25.5 Å². The lowest BCUT2D eigenvalue weighted by molar-refractivity contribution is -0.117. The molecule has 0 saturated carbocycles. The molecule has 0 aliphatic carbocycles. The molecule has 3 aromatic heterocycles. The minimum atomic E-state index is -0.130. The van der Waals surface area contributed by atoms with Crippen LogP contribution < -0.4 is 11.1 Å². The van der Waals surface area contributed by atoms with E-state index in [0.717, 1.165) is 30.3 Å². The summed E-state index contributed by atoms with van der Waals surface area (Å²) in [5.74, 6) is 2.02. The summed E-state index contributed by atoms with van der Waals surface area (Å²) in [6.07, 6.45) is 2.63. The summed E-state index contributed by atoms with van der Waals surface area (Å²) in [6.45, 7) is 3.72. The van der Waals surface area contributed by atoms with E-state index in [2.05, 4.69) is 20.3 Å². The van der Waals surface area contributed by atoms with E-state index in [-0.39, 0.29) is 11.9 Å². The number of furan rings is 1. The average Bonchev–Trinajstić information content (AvgIpc) is 3.37. The fraction of sp³-hybridized carbons (Fsp3) is 0.333. The zero-order chi connectivity index (χ0) is 18.8. The first-order chi connectivity index (χ1) is 13.1. The quantitative estimate of drug-likeness (QED) is 0.693. The first-order valence-electron chi connectivity index (χ1n) is 8.70. The van der Waals surface area contributed by atoms with Crippen LogP contribution in [0, 0.1) is 6.92 Å². The van der Waals surface area contributed by atoms with Gasteiger partial charge in [0.15, 0.2) is 11.6 Å². The molecule has 1 atom stereocenters. The lowest BCUT2D eigenvalue weighted by Crippen LogP contribution is -2.33. The number of thiazole rings is 1. The second-order valence-electron chi connectivity index (χ2n) is 6.54. The minimum Gasteiger partial charge on any atom is -0.458 e. The van der Waals surface area contributed by atoms with E-state index >= 15 is 0 Å². The van der Waals surface area contributed by atoms with Crippen LogP contribution in [0.25, 0.3) is 22.3 Å². The highest BCUT2D eigenvalue weighted by Crippen LogP contribution is 2.26. The molecular weight excluding hydrogens is 364 g/mol. The largest absolute Gasteiger partial charge is 0.458 e. The molecule has 0 spiro atoms. The van der Waals surface area contributed by atoms with Crippen molar-refractivity contribution in [1.29, 1.82) is 0 Å². The number of amides is 1. The first-order valence-corrected chi connectivity index (χ1v) is 9.58. The van der Waals surface area contributed by atoms with Gasteiger partial charge in [0.05, 0.1) is 6.54 Å². The normalized spacial score (nSPS) is 17.3. The number of likely N-dealkylation sites (tertiary alicyclic amines) is 1. The van der Waals surface area contributed by atoms with Gasteiger partial charge in [0, 0.05) is 36.8 Å². The molecule has 1 aliphatic rings. The van der Waals surface area contributed by atoms with Crippen molar-refractivity contribution in [3.63, 3.8) is 0 Å². The van der Waals surface area contributed by atoms with Gasteiger partial charge in [-0.1, -0.05) is 0 Å². The number of anilines is 1. The molecule has 9 heteroatoms. The van der Waals surface area contributed by atoms with Crippen LogP contribution in [0.4, 0.5) is 5.82 Å². The highest BCUT2D eigenvalue weighted by molar-refractivity contribution is 7.13. The van der Waals surface area contributed by atoms with E-state index in [1.807, 2.05) is 29.3 Å². The Balaban J connectivity index is 1.59. The molecule has 1 fully saturated rings. The maximum absolute atomic E-state index is 12.4. The number of hydrogen-bond donors (Lipinski definition) is 2. The topological polar surface area (TPSA) is 110 Å². The lowest BCUT2D eigenvalue weighted by atomic mass is 10.3. The monoisotopic (exact) mass is 384 g/mol. The van der Waals surface area contributed by atoms with Crippen LogP contribution in [0.5, 0.6) is 0 Å². The van der Waals surface area contributed by atoms with Crippen molar-refractivity contribution in [3.8, 4) is 22.3 Å². The third-order valence-corrected chi connectivity index (χ3v) is 5.08. The first kappa shape index (κ1) is 17.8. The molecular formula is C18H20N6O2S. The van der Waals surface area contributed by atoms with Gasteiger partial charge < -0.3 is 15.5 Å². The van der Waals surface area contributed by atoms with Gasteiger partial charge in [-0.15, -0.1) is 11.3 Å². The fourth-order valence-electron chi connectivity index (χ4n) is 3.03. The second kappa shape index (κ2) is 7.55. The molecule has 27 heavy (non-hydrogen) atoms. The number of hydrogen-bond acceptors (Lipinski definition) is 8. The van der Waals surface area contributed by atoms with Gasteiger partial charge in [0.1, 0.15) is 22.3 Å². The van der Waals surface area contributed by atoms with E-state index in [1.165, 1.54) is 11.3 Å². The van der Waals surface area contributed by atoms with E-state index in [9.17, 15) is 4.79 Å². The Labute approximate surface area is 160 Å². The van der Waals surface area contributed by atoms with Crippen LogP contribution in [0.15, 0.2) is 34.2 Å². The van der Waals surface area contributed by atoms with Crippen molar-refractivity contribution in [2.45, 2.75) is 19.4 Å². The maximum Gasteiger partial charge on any atom is 0.239 e. The van der Waals surface area contributed by atoms with E-state index in [1.54, 1.807) is 12.3 Å². The average molecular weight is 384 g/mol. The van der Waals surface area contributed by atoms with E-state index in [4.69, 9.17) is 10.2 Å². The molecule has 1 saturated heterocycles. The van der Waals surface area contributed by atoms with Crippen molar-refractivity contribution in [2.75, 3.05) is 25.0 Å². The Morgan fingerprint density at radius 1 is 1.44 bits per heavy atom. The molecule has 1 aliphatic heterocycles. The van der Waals surface area contributed by atoms with Gasteiger partial charge in [0.2, 0.25) is 5.91 Å². The highest BCUT2D eigenvalue weighted by Gasteiger charge is 2.21. The van der Waals surface area contributed by atoms with Crippen molar-refractivity contribution < 1.29 is 9.21 Å². The molecule has 1 amide bonds. The van der Waals surface area contributed by atoms with E-state index < -0.39 is 0 Å². The number of carbonyl (C=O) groups excluding carboxylic acids is 1. The second-order valence-corrected chi connectivity index (χ2v) is 7.44. The molecule has 0 radical (unpaired) electrons. The van der Waals surface area contributed by atoms with Crippen LogP contribution in [-0.4, -0.2) is 51.4 Å². The Morgan fingerprint density at radius 3 is 3.00 bits per heavy atom. The summed E-state index contributed by atoms with van der Waals surface area (Å²) in [5, 5.41) is 5.50. The lowest BCUT2D eigenvalue weighted by Gasteiger charge is -2.14. The fourth-order valence-corrected chi connectivity index (χ4v) is 3.63. The summed E-state index contributed by atoms with van der Waals surface area (Å²) >= 11 is 1.47. The molecule has 3 aromatic rings. The van der Waals surface area contributed by atoms with Crippen LogP contribution in [0.1, 0.15) is 12.2 Å². The number of aryl methyl sites for hydroxylation is 1. The minimum absolute atomic E-state index is 0.130. The zero-order valence-electron chi connectivity index (χ0n) is 14.9. The Morgan fingerprint density at radius 2 is 2.33 bits per heavy atom. The predicted octanol–water partition coefficient (Wildman–Crippen LogP) is 2.14. The van der Waals surface area contributed by atoms with Crippen molar-refractivity contribution in [3.05, 3.63) is 35.5 Å². The molecule has 4 rings (SSSR count). The number of aromatic nitrogens is 3. The van der Waals surface area contributed by atoms with Gasteiger partial charge in [-0.2, -0.15) is 0 Å². The summed E-state index contributed by atoms with van der Waals surface area (Å²) in [6, 6.07) is 5.53. The molecule has 8 nitrogen and oxygen atoms in total. The number of nitrogens with one attached hydrogen (secondary N) is 1. The van der Waals surface area contributed by atoms with Crippen LogP contribution in [-0.2, 0) is 4.79 Å². The standard InChI is InChI=1S/C18H20N6O2S/c1-11-2-3-14(26-11)17-21-13(18-20-5-7-27-18)8-15(23-17)22-16(25)10-24-6-4-12(19)9-24/h2-3,5,7-8,12H,4,6,9-10,19H2,1H3,(H,21,22,23,25). The Kier molecular flexibility index (Phi) is 4.97. The Hall–Kier alpha value is -2.62. The maximum atomic E-state index is 12.4. The van der Waals surface area contributed by atoms with Crippen LogP contribution in [0.2, 0.25) is 0 Å². The predicted molar refractivity (Wildman–Crippen MR) is 103 cm³/mol. The molecule has 140 valence electrons. The smallest absolute Gasteiger partial charge is 0.239 e. The van der Waals surface area contributed by atoms with E-state index in [0.29, 0.717) is 29.6 Å². The SMILES string of the molecule is Cc1ccc(-c2nc(NC(=O)CN3CCC(N)C3)cc(-c3nccs3)n2)o1. The number of nitrogens with two attached hydrogens (primary N) is 1. The van der Waals surface area contributed by atoms with Gasteiger partial charge >= 0.3 is 0 Å². The van der Waals surface area contributed by atoms with Gasteiger partial charge in [-0.3, -0.25) is 9.69 Å². The number of rotatable bonds is 5. The van der Waals surface area contributed by atoms with Gasteiger partial charge in [-0.25, -0.2) is 15.0 Å². The van der Waals surface area contributed by atoms with Gasteiger partial charge in [0.25, 0.3) is 0 Å². The highest BCUT2D eigenvalue weighted by atomic mass is 32.1. The molecule has 0 aromatic carbocycles. The van der Waals surface area contributed by atoms with Crippen molar-refractivity contribution >= 4 is 23.1 Å². The molecule has 3 N–H and O–H groups in total. The summed E-state index contributed by atoms with van der Waals surface area (Å²) in [7, 11) is 0. The third kappa shape index (κ3) is 4.21. The summed E-state index contributed by atoms with van der Waals surface area (Å²) in [4.78, 5) is 27.8. The van der Waals surface area contributed by atoms with Crippen molar-refractivity contribution in [2.24, 2.45) is 5.73 Å². The third-order valence-electron chi connectivity index (χ3n) is 4.28. The zero-order valence-corrected chi connectivity index (χ0v) is 15.7. The summed E-state index contributed by atoms with van der Waals surface area (Å²) in [5.41, 5.74) is 6.54. The molecule has 4 heterocycles. The summed E-state index contributed by atoms with van der Waals surface area (Å²) < 4.78 is 5.64. The molecule has 1 unspecified atom stereocenters. The van der Waals surface area contributed by atoms with Crippen molar-refractivity contribution in [1.82, 2.24) is 19.9 Å². The number of carbonyl (C=O) groups is 1. The molecule has 0 bridgehead atoms. The number of nitrogens with zero attached hydrogens (tertiary/aromatic N) is 4. The Bertz CT molecular complexity index is 939. The van der Waals surface area contributed by atoms with Crippen LogP contribution in [0.3, 0.4) is 0 Å². The van der Waals surface area contributed by atoms with Crippen LogP contribution >= 0.6 is 11.3 Å².